The monoisotopic (exact) mass is 313 g/mol. The molecule has 1 aliphatic heterocycles. The Bertz CT molecular complexity index is 527. The van der Waals surface area contributed by atoms with Gasteiger partial charge in [0, 0.05) is 11.6 Å². The van der Waals surface area contributed by atoms with Crippen LogP contribution in [0.1, 0.15) is 39.2 Å². The van der Waals surface area contributed by atoms with Crippen molar-refractivity contribution in [3.05, 3.63) is 34.6 Å². The van der Waals surface area contributed by atoms with Crippen molar-refractivity contribution in [3.63, 3.8) is 0 Å². The first-order valence-electron chi connectivity index (χ1n) is 7.17. The number of carbonyl (C=O) groups is 1. The zero-order valence-corrected chi connectivity index (χ0v) is 13.4. The molecule has 21 heavy (non-hydrogen) atoms. The van der Waals surface area contributed by atoms with Crippen molar-refractivity contribution in [2.24, 2.45) is 0 Å². The minimum Gasteiger partial charge on any atom is -0.459 e. The molecule has 1 heterocycles. The molecule has 1 aromatic carbocycles. The molecule has 1 fully saturated rings. The SMILES string of the molecule is CC(C)(C)OC(=O)[C@H]1CCCN1Cc1cc(F)ccc1Cl. The molecule has 5 heteroatoms. The highest BCUT2D eigenvalue weighted by molar-refractivity contribution is 6.31. The van der Waals surface area contributed by atoms with Gasteiger partial charge < -0.3 is 4.74 Å². The number of hydrogen-bond acceptors (Lipinski definition) is 3. The summed E-state index contributed by atoms with van der Waals surface area (Å²) >= 11 is 6.10. The molecule has 0 N–H and O–H groups in total. The zero-order chi connectivity index (χ0) is 15.6. The molecular weight excluding hydrogens is 293 g/mol. The van der Waals surface area contributed by atoms with Gasteiger partial charge in [0.2, 0.25) is 0 Å². The predicted molar refractivity (Wildman–Crippen MR) is 80.7 cm³/mol. The van der Waals surface area contributed by atoms with E-state index in [9.17, 15) is 9.18 Å². The Balaban J connectivity index is 2.08. The summed E-state index contributed by atoms with van der Waals surface area (Å²) < 4.78 is 18.8. The van der Waals surface area contributed by atoms with Gasteiger partial charge in [0.1, 0.15) is 17.5 Å². The summed E-state index contributed by atoms with van der Waals surface area (Å²) in [5.74, 6) is -0.532. The van der Waals surface area contributed by atoms with Crippen LogP contribution in [0.4, 0.5) is 4.39 Å². The topological polar surface area (TPSA) is 29.5 Å². The summed E-state index contributed by atoms with van der Waals surface area (Å²) in [7, 11) is 0. The number of rotatable bonds is 3. The quantitative estimate of drug-likeness (QED) is 0.795. The molecule has 0 amide bonds. The van der Waals surface area contributed by atoms with Gasteiger partial charge in [-0.25, -0.2) is 4.39 Å². The van der Waals surface area contributed by atoms with Crippen LogP contribution >= 0.6 is 11.6 Å². The molecule has 116 valence electrons. The summed E-state index contributed by atoms with van der Waals surface area (Å²) in [6.45, 7) is 6.81. The Morgan fingerprint density at radius 3 is 2.86 bits per heavy atom. The van der Waals surface area contributed by atoms with E-state index in [1.165, 1.54) is 12.1 Å². The van der Waals surface area contributed by atoms with Gasteiger partial charge in [0.25, 0.3) is 0 Å². The van der Waals surface area contributed by atoms with E-state index in [1.54, 1.807) is 6.07 Å². The lowest BCUT2D eigenvalue weighted by Crippen LogP contribution is -2.40. The fourth-order valence-electron chi connectivity index (χ4n) is 2.54. The summed E-state index contributed by atoms with van der Waals surface area (Å²) in [5.41, 5.74) is 0.203. The predicted octanol–water partition coefficient (Wildman–Crippen LogP) is 3.79. The molecule has 0 aromatic heterocycles. The smallest absolute Gasteiger partial charge is 0.323 e. The third kappa shape index (κ3) is 4.42. The van der Waals surface area contributed by atoms with E-state index in [-0.39, 0.29) is 17.8 Å². The Hall–Kier alpha value is -1.13. The summed E-state index contributed by atoms with van der Waals surface area (Å²) in [6, 6.07) is 4.03. The summed E-state index contributed by atoms with van der Waals surface area (Å²) in [4.78, 5) is 14.3. The van der Waals surface area contributed by atoms with Crippen LogP contribution in [0.3, 0.4) is 0 Å². The number of nitrogens with zero attached hydrogens (tertiary/aromatic N) is 1. The first-order valence-corrected chi connectivity index (χ1v) is 7.55. The van der Waals surface area contributed by atoms with Crippen LogP contribution in [-0.4, -0.2) is 29.1 Å². The molecule has 0 bridgehead atoms. The van der Waals surface area contributed by atoms with Crippen LogP contribution in [0.2, 0.25) is 5.02 Å². The van der Waals surface area contributed by atoms with E-state index < -0.39 is 5.60 Å². The van der Waals surface area contributed by atoms with Gasteiger partial charge in [-0.05, 0) is 63.9 Å². The Labute approximate surface area is 130 Å². The molecule has 2 rings (SSSR count). The Morgan fingerprint density at radius 2 is 2.19 bits per heavy atom. The maximum absolute atomic E-state index is 13.3. The zero-order valence-electron chi connectivity index (χ0n) is 12.7. The average Bonchev–Trinajstić information content (AvgIpc) is 2.80. The lowest BCUT2D eigenvalue weighted by molar-refractivity contribution is -0.160. The van der Waals surface area contributed by atoms with Crippen LogP contribution in [0.25, 0.3) is 0 Å². The van der Waals surface area contributed by atoms with Crippen molar-refractivity contribution < 1.29 is 13.9 Å². The molecule has 0 spiro atoms. The molecule has 0 aliphatic carbocycles. The Morgan fingerprint density at radius 1 is 1.48 bits per heavy atom. The summed E-state index contributed by atoms with van der Waals surface area (Å²) in [6.07, 6.45) is 1.69. The van der Waals surface area contributed by atoms with Gasteiger partial charge in [0.15, 0.2) is 0 Å². The molecule has 0 saturated carbocycles. The van der Waals surface area contributed by atoms with Gasteiger partial charge in [0.05, 0.1) is 0 Å². The van der Waals surface area contributed by atoms with E-state index in [1.807, 2.05) is 25.7 Å². The highest BCUT2D eigenvalue weighted by Crippen LogP contribution is 2.26. The maximum atomic E-state index is 13.3. The van der Waals surface area contributed by atoms with Crippen molar-refractivity contribution >= 4 is 17.6 Å². The first-order chi connectivity index (χ1) is 9.76. The van der Waals surface area contributed by atoms with Crippen LogP contribution < -0.4 is 0 Å². The van der Waals surface area contributed by atoms with Crippen molar-refractivity contribution in [1.29, 1.82) is 0 Å². The second-order valence-corrected chi connectivity index (χ2v) is 6.80. The van der Waals surface area contributed by atoms with Crippen molar-refractivity contribution in [2.45, 2.75) is 51.8 Å². The van der Waals surface area contributed by atoms with Crippen LogP contribution in [0.15, 0.2) is 18.2 Å². The minimum atomic E-state index is -0.498. The lowest BCUT2D eigenvalue weighted by Gasteiger charge is -2.27. The highest BCUT2D eigenvalue weighted by atomic mass is 35.5. The maximum Gasteiger partial charge on any atom is 0.323 e. The molecule has 0 unspecified atom stereocenters. The second-order valence-electron chi connectivity index (χ2n) is 6.40. The van der Waals surface area contributed by atoms with E-state index in [0.29, 0.717) is 17.1 Å². The van der Waals surface area contributed by atoms with Gasteiger partial charge >= 0.3 is 5.97 Å². The van der Waals surface area contributed by atoms with E-state index in [0.717, 1.165) is 19.4 Å². The van der Waals surface area contributed by atoms with Crippen molar-refractivity contribution in [3.8, 4) is 0 Å². The van der Waals surface area contributed by atoms with Crippen LogP contribution in [0, 0.1) is 5.82 Å². The highest BCUT2D eigenvalue weighted by Gasteiger charge is 2.34. The minimum absolute atomic E-state index is 0.215. The molecule has 1 atom stereocenters. The summed E-state index contributed by atoms with van der Waals surface area (Å²) in [5, 5.41) is 0.520. The number of ether oxygens (including phenoxy) is 1. The molecular formula is C16H21ClFNO2. The number of hydrogen-bond donors (Lipinski definition) is 0. The normalized spacial score (nSPS) is 19.8. The molecule has 3 nitrogen and oxygen atoms in total. The number of halogens is 2. The van der Waals surface area contributed by atoms with E-state index in [2.05, 4.69) is 0 Å². The largest absolute Gasteiger partial charge is 0.459 e. The number of likely N-dealkylation sites (tertiary alicyclic amines) is 1. The lowest BCUT2D eigenvalue weighted by atomic mass is 10.1. The number of carbonyl (C=O) groups excluding carboxylic acids is 1. The van der Waals surface area contributed by atoms with Crippen molar-refractivity contribution in [1.82, 2.24) is 4.90 Å². The molecule has 0 radical (unpaired) electrons. The number of esters is 1. The third-order valence-electron chi connectivity index (χ3n) is 3.42. The van der Waals surface area contributed by atoms with Gasteiger partial charge in [-0.2, -0.15) is 0 Å². The Kier molecular flexibility index (Phi) is 4.89. The fourth-order valence-corrected chi connectivity index (χ4v) is 2.71. The third-order valence-corrected chi connectivity index (χ3v) is 3.79. The molecule has 1 aliphatic rings. The van der Waals surface area contributed by atoms with E-state index in [4.69, 9.17) is 16.3 Å². The van der Waals surface area contributed by atoms with Crippen LogP contribution in [0.5, 0.6) is 0 Å². The van der Waals surface area contributed by atoms with Crippen molar-refractivity contribution in [2.75, 3.05) is 6.54 Å². The first kappa shape index (κ1) is 16.2. The van der Waals surface area contributed by atoms with Gasteiger partial charge in [-0.1, -0.05) is 11.6 Å². The second kappa shape index (κ2) is 6.32. The van der Waals surface area contributed by atoms with E-state index >= 15 is 0 Å². The van der Waals surface area contributed by atoms with Gasteiger partial charge in [-0.3, -0.25) is 9.69 Å². The fraction of sp³-hybridized carbons (Fsp3) is 0.562. The molecule has 1 saturated heterocycles. The van der Waals surface area contributed by atoms with Crippen LogP contribution in [-0.2, 0) is 16.1 Å². The number of benzene rings is 1. The molecule has 1 aromatic rings. The average molecular weight is 314 g/mol. The van der Waals surface area contributed by atoms with Gasteiger partial charge in [-0.15, -0.1) is 0 Å². The standard InChI is InChI=1S/C16H21ClFNO2/c1-16(2,3)21-15(20)14-5-4-8-19(14)10-11-9-12(18)6-7-13(11)17/h6-7,9,14H,4-5,8,10H2,1-3H3/t14-/m1/s1.